The van der Waals surface area contributed by atoms with E-state index in [9.17, 15) is 0 Å². The van der Waals surface area contributed by atoms with Crippen LogP contribution in [0.4, 0.5) is 5.69 Å². The molecule has 0 saturated heterocycles. The Morgan fingerprint density at radius 1 is 1.50 bits per heavy atom. The van der Waals surface area contributed by atoms with E-state index in [0.717, 1.165) is 38.3 Å². The lowest BCUT2D eigenvalue weighted by Crippen LogP contribution is -2.08. The van der Waals surface area contributed by atoms with Crippen LogP contribution in [-0.4, -0.2) is 24.7 Å². The van der Waals surface area contributed by atoms with Gasteiger partial charge in [-0.15, -0.1) is 0 Å². The zero-order valence-electron chi connectivity index (χ0n) is 9.08. The van der Waals surface area contributed by atoms with Gasteiger partial charge in [0.2, 0.25) is 0 Å². The SMILES string of the molecule is Clc1cc(NCCC2=CCOCC2)ccn1. The van der Waals surface area contributed by atoms with Crippen molar-refractivity contribution in [1.82, 2.24) is 4.98 Å². The Labute approximate surface area is 100 Å². The van der Waals surface area contributed by atoms with E-state index in [1.165, 1.54) is 5.57 Å². The molecule has 86 valence electrons. The second-order valence-electron chi connectivity index (χ2n) is 3.73. The average Bonchev–Trinajstić information content (AvgIpc) is 2.30. The zero-order chi connectivity index (χ0) is 11.2. The maximum Gasteiger partial charge on any atom is 0.131 e. The van der Waals surface area contributed by atoms with Gasteiger partial charge >= 0.3 is 0 Å². The number of aromatic nitrogens is 1. The molecule has 1 N–H and O–H groups in total. The van der Waals surface area contributed by atoms with E-state index in [4.69, 9.17) is 16.3 Å². The molecule has 0 amide bonds. The number of hydrogen-bond donors (Lipinski definition) is 1. The largest absolute Gasteiger partial charge is 0.385 e. The summed E-state index contributed by atoms with van der Waals surface area (Å²) < 4.78 is 5.26. The summed E-state index contributed by atoms with van der Waals surface area (Å²) in [5.41, 5.74) is 2.49. The normalized spacial score (nSPS) is 15.7. The van der Waals surface area contributed by atoms with Crippen LogP contribution in [0.2, 0.25) is 5.15 Å². The van der Waals surface area contributed by atoms with Gasteiger partial charge in [0.1, 0.15) is 5.15 Å². The van der Waals surface area contributed by atoms with Gasteiger partial charge in [0, 0.05) is 18.4 Å². The molecule has 0 aliphatic carbocycles. The molecule has 0 atom stereocenters. The molecule has 0 spiro atoms. The van der Waals surface area contributed by atoms with Crippen LogP contribution < -0.4 is 5.32 Å². The van der Waals surface area contributed by atoms with Gasteiger partial charge in [-0.05, 0) is 25.0 Å². The third-order valence-electron chi connectivity index (χ3n) is 2.56. The van der Waals surface area contributed by atoms with Crippen molar-refractivity contribution >= 4 is 17.3 Å². The van der Waals surface area contributed by atoms with Crippen molar-refractivity contribution in [2.24, 2.45) is 0 Å². The molecule has 0 aromatic carbocycles. The number of nitrogens with one attached hydrogen (secondary N) is 1. The summed E-state index contributed by atoms with van der Waals surface area (Å²) in [5.74, 6) is 0. The van der Waals surface area contributed by atoms with E-state index in [1.807, 2.05) is 12.1 Å². The maximum atomic E-state index is 5.79. The first-order chi connectivity index (χ1) is 7.84. The number of anilines is 1. The van der Waals surface area contributed by atoms with Crippen molar-refractivity contribution in [1.29, 1.82) is 0 Å². The standard InChI is InChI=1S/C12H15ClN2O/c13-12-9-11(2-6-15-12)14-5-1-10-3-7-16-8-4-10/h2-3,6,9H,1,4-5,7-8H2,(H,14,15). The minimum Gasteiger partial charge on any atom is -0.385 e. The Morgan fingerprint density at radius 3 is 3.19 bits per heavy atom. The van der Waals surface area contributed by atoms with Crippen LogP contribution in [-0.2, 0) is 4.74 Å². The monoisotopic (exact) mass is 238 g/mol. The van der Waals surface area contributed by atoms with Gasteiger partial charge in [0.15, 0.2) is 0 Å². The number of nitrogens with zero attached hydrogens (tertiary/aromatic N) is 1. The van der Waals surface area contributed by atoms with Crippen molar-refractivity contribution < 1.29 is 4.74 Å². The van der Waals surface area contributed by atoms with Crippen LogP contribution in [0.15, 0.2) is 30.0 Å². The van der Waals surface area contributed by atoms with E-state index in [0.29, 0.717) is 5.15 Å². The van der Waals surface area contributed by atoms with E-state index < -0.39 is 0 Å². The molecule has 0 saturated carbocycles. The number of ether oxygens (including phenoxy) is 1. The molecule has 1 aromatic heterocycles. The number of halogens is 1. The minimum atomic E-state index is 0.523. The highest BCUT2D eigenvalue weighted by Gasteiger charge is 2.03. The third-order valence-corrected chi connectivity index (χ3v) is 2.77. The predicted molar refractivity (Wildman–Crippen MR) is 65.9 cm³/mol. The van der Waals surface area contributed by atoms with Gasteiger partial charge in [-0.3, -0.25) is 0 Å². The van der Waals surface area contributed by atoms with Gasteiger partial charge in [-0.2, -0.15) is 0 Å². The second-order valence-corrected chi connectivity index (χ2v) is 4.12. The Bertz CT molecular complexity index is 379. The Hall–Kier alpha value is -1.06. The first-order valence-corrected chi connectivity index (χ1v) is 5.83. The molecule has 1 aliphatic rings. The fourth-order valence-electron chi connectivity index (χ4n) is 1.67. The van der Waals surface area contributed by atoms with Crippen molar-refractivity contribution in [3.05, 3.63) is 35.1 Å². The maximum absolute atomic E-state index is 5.79. The van der Waals surface area contributed by atoms with Crippen LogP contribution in [0.1, 0.15) is 12.8 Å². The highest BCUT2D eigenvalue weighted by molar-refractivity contribution is 6.29. The van der Waals surface area contributed by atoms with Crippen LogP contribution in [0.25, 0.3) is 0 Å². The molecule has 1 aliphatic heterocycles. The molecule has 1 aromatic rings. The van der Waals surface area contributed by atoms with Crippen molar-refractivity contribution in [3.8, 4) is 0 Å². The summed E-state index contributed by atoms with van der Waals surface area (Å²) in [4.78, 5) is 3.94. The van der Waals surface area contributed by atoms with Gasteiger partial charge in [0.25, 0.3) is 0 Å². The Kier molecular flexibility index (Phi) is 4.19. The molecule has 0 bridgehead atoms. The quantitative estimate of drug-likeness (QED) is 0.647. The topological polar surface area (TPSA) is 34.1 Å². The summed E-state index contributed by atoms with van der Waals surface area (Å²) >= 11 is 5.79. The first kappa shape index (κ1) is 11.4. The number of pyridine rings is 1. The average molecular weight is 239 g/mol. The van der Waals surface area contributed by atoms with E-state index in [2.05, 4.69) is 16.4 Å². The molecule has 2 heterocycles. The van der Waals surface area contributed by atoms with Gasteiger partial charge in [-0.1, -0.05) is 23.3 Å². The van der Waals surface area contributed by atoms with E-state index >= 15 is 0 Å². The lowest BCUT2D eigenvalue weighted by Gasteiger charge is -2.14. The number of hydrogen-bond acceptors (Lipinski definition) is 3. The smallest absolute Gasteiger partial charge is 0.131 e. The molecule has 4 heteroatoms. The third kappa shape index (κ3) is 3.51. The predicted octanol–water partition coefficient (Wildman–Crippen LogP) is 2.88. The van der Waals surface area contributed by atoms with Gasteiger partial charge < -0.3 is 10.1 Å². The van der Waals surface area contributed by atoms with Crippen molar-refractivity contribution in [2.75, 3.05) is 25.1 Å². The molecular weight excluding hydrogens is 224 g/mol. The molecule has 0 fully saturated rings. The fraction of sp³-hybridized carbons (Fsp3) is 0.417. The highest BCUT2D eigenvalue weighted by Crippen LogP contribution is 2.14. The van der Waals surface area contributed by atoms with Crippen LogP contribution in [0, 0.1) is 0 Å². The summed E-state index contributed by atoms with van der Waals surface area (Å²) in [5, 5.41) is 3.85. The van der Waals surface area contributed by atoms with Crippen LogP contribution in [0.5, 0.6) is 0 Å². The lowest BCUT2D eigenvalue weighted by atomic mass is 10.1. The minimum absolute atomic E-state index is 0.523. The molecule has 0 unspecified atom stereocenters. The first-order valence-electron chi connectivity index (χ1n) is 5.46. The molecule has 0 radical (unpaired) electrons. The van der Waals surface area contributed by atoms with Gasteiger partial charge in [-0.25, -0.2) is 4.98 Å². The van der Waals surface area contributed by atoms with E-state index in [-0.39, 0.29) is 0 Å². The molecular formula is C12H15ClN2O. The van der Waals surface area contributed by atoms with Crippen molar-refractivity contribution in [2.45, 2.75) is 12.8 Å². The van der Waals surface area contributed by atoms with E-state index in [1.54, 1.807) is 6.20 Å². The summed E-state index contributed by atoms with van der Waals surface area (Å²) in [6, 6.07) is 3.75. The lowest BCUT2D eigenvalue weighted by molar-refractivity contribution is 0.153. The second kappa shape index (κ2) is 5.87. The summed E-state index contributed by atoms with van der Waals surface area (Å²) in [6.07, 6.45) is 5.99. The molecule has 3 nitrogen and oxygen atoms in total. The van der Waals surface area contributed by atoms with Gasteiger partial charge in [0.05, 0.1) is 13.2 Å². The molecule has 2 rings (SSSR count). The highest BCUT2D eigenvalue weighted by atomic mass is 35.5. The summed E-state index contributed by atoms with van der Waals surface area (Å²) in [6.45, 7) is 2.54. The Morgan fingerprint density at radius 2 is 2.44 bits per heavy atom. The number of rotatable bonds is 4. The molecule has 16 heavy (non-hydrogen) atoms. The van der Waals surface area contributed by atoms with Crippen molar-refractivity contribution in [3.63, 3.8) is 0 Å². The van der Waals surface area contributed by atoms with Crippen LogP contribution >= 0.6 is 11.6 Å². The van der Waals surface area contributed by atoms with Crippen LogP contribution in [0.3, 0.4) is 0 Å². The summed E-state index contributed by atoms with van der Waals surface area (Å²) in [7, 11) is 0. The zero-order valence-corrected chi connectivity index (χ0v) is 9.83. The fourth-order valence-corrected chi connectivity index (χ4v) is 1.85. The Balaban J connectivity index is 1.77.